The van der Waals surface area contributed by atoms with Crippen LogP contribution in [-0.4, -0.2) is 20.1 Å². The van der Waals surface area contributed by atoms with E-state index in [0.29, 0.717) is 10.9 Å². The number of benzene rings is 1. The molecule has 0 saturated carbocycles. The van der Waals surface area contributed by atoms with Crippen molar-refractivity contribution in [3.63, 3.8) is 0 Å². The summed E-state index contributed by atoms with van der Waals surface area (Å²) in [4.78, 5) is 11.7. The Bertz CT molecular complexity index is 624. The zero-order valence-corrected chi connectivity index (χ0v) is 14.6. The fourth-order valence-corrected chi connectivity index (χ4v) is 3.09. The first-order chi connectivity index (χ1) is 8.36. The third-order valence-electron chi connectivity index (χ3n) is 2.72. The molecule has 2 nitrogen and oxygen atoms in total. The van der Waals surface area contributed by atoms with E-state index >= 15 is 0 Å². The van der Waals surface area contributed by atoms with E-state index in [1.165, 1.54) is 13.2 Å². The number of rotatable bonds is 2. The summed E-state index contributed by atoms with van der Waals surface area (Å²) in [6.07, 6.45) is 0. The SMILES string of the molecule is COC(=O)c1sc2c([B-](F)(F)F)cccc2c1C.[K+]. The summed E-state index contributed by atoms with van der Waals surface area (Å²) in [6, 6.07) is 3.98. The minimum absolute atomic E-state index is 0. The monoisotopic (exact) mass is 312 g/mol. The number of hydrogen-bond donors (Lipinski definition) is 0. The molecule has 1 heterocycles. The molecule has 0 saturated heterocycles. The quantitative estimate of drug-likeness (QED) is 0.579. The normalized spacial score (nSPS) is 11.2. The molecule has 0 unspecified atom stereocenters. The third kappa shape index (κ3) is 3.25. The summed E-state index contributed by atoms with van der Waals surface area (Å²) in [5.41, 5.74) is -0.125. The van der Waals surface area contributed by atoms with E-state index in [4.69, 9.17) is 0 Å². The van der Waals surface area contributed by atoms with Crippen LogP contribution in [0.2, 0.25) is 0 Å². The van der Waals surface area contributed by atoms with E-state index in [2.05, 4.69) is 4.74 Å². The molecule has 0 fully saturated rings. The minimum atomic E-state index is -5.09. The van der Waals surface area contributed by atoms with Gasteiger partial charge in [-0.15, -0.1) is 11.3 Å². The number of hydrogen-bond acceptors (Lipinski definition) is 3. The molecule has 0 N–H and O–H groups in total. The van der Waals surface area contributed by atoms with Crippen molar-refractivity contribution in [3.8, 4) is 0 Å². The van der Waals surface area contributed by atoms with Gasteiger partial charge in [0.15, 0.2) is 0 Å². The van der Waals surface area contributed by atoms with Crippen molar-refractivity contribution in [1.82, 2.24) is 0 Å². The van der Waals surface area contributed by atoms with Crippen LogP contribution in [-0.2, 0) is 4.74 Å². The second kappa shape index (κ2) is 6.28. The van der Waals surface area contributed by atoms with Crippen LogP contribution in [0.15, 0.2) is 18.2 Å². The first-order valence-corrected chi connectivity index (χ1v) is 5.98. The Morgan fingerprint density at radius 1 is 1.32 bits per heavy atom. The van der Waals surface area contributed by atoms with Crippen molar-refractivity contribution in [3.05, 3.63) is 28.6 Å². The summed E-state index contributed by atoms with van der Waals surface area (Å²) in [7, 11) is 1.21. The van der Waals surface area contributed by atoms with Crippen LogP contribution in [0.25, 0.3) is 10.1 Å². The first-order valence-electron chi connectivity index (χ1n) is 5.16. The molecule has 0 amide bonds. The molecule has 0 bridgehead atoms. The Labute approximate surface area is 154 Å². The summed E-state index contributed by atoms with van der Waals surface area (Å²) in [6.45, 7) is -3.46. The maximum atomic E-state index is 12.9. The number of carbonyl (C=O) groups is 1. The van der Waals surface area contributed by atoms with Crippen LogP contribution in [0.5, 0.6) is 0 Å². The Morgan fingerprint density at radius 3 is 2.47 bits per heavy atom. The van der Waals surface area contributed by atoms with Gasteiger partial charge in [-0.05, 0) is 17.9 Å². The molecule has 1 aromatic heterocycles. The number of thiophene rings is 1. The summed E-state index contributed by atoms with van der Waals surface area (Å²) in [5, 5.41) is 0.456. The summed E-state index contributed by atoms with van der Waals surface area (Å²) >= 11 is 0.831. The Balaban J connectivity index is 0.00000180. The van der Waals surface area contributed by atoms with Gasteiger partial charge in [-0.2, -0.15) is 0 Å². The zero-order chi connectivity index (χ0) is 13.5. The van der Waals surface area contributed by atoms with E-state index in [0.717, 1.165) is 17.4 Å². The van der Waals surface area contributed by atoms with E-state index in [-0.39, 0.29) is 61.0 Å². The van der Waals surface area contributed by atoms with Gasteiger partial charge in [0.05, 0.1) is 7.11 Å². The van der Waals surface area contributed by atoms with Gasteiger partial charge >= 0.3 is 64.3 Å². The number of carbonyl (C=O) groups excluding carboxylic acids is 1. The number of methoxy groups -OCH3 is 1. The van der Waals surface area contributed by atoms with Gasteiger partial charge in [0.1, 0.15) is 4.88 Å². The first kappa shape index (κ1) is 17.2. The molecule has 2 aromatic rings. The van der Waals surface area contributed by atoms with Crippen LogP contribution in [0.1, 0.15) is 15.2 Å². The third-order valence-corrected chi connectivity index (χ3v) is 4.05. The summed E-state index contributed by atoms with van der Waals surface area (Å²) in [5.74, 6) is -0.602. The molecule has 0 aliphatic carbocycles. The minimum Gasteiger partial charge on any atom is -0.465 e. The fourth-order valence-electron chi connectivity index (χ4n) is 1.81. The number of fused-ring (bicyclic) bond motifs is 1. The predicted octanol–water partition coefficient (Wildman–Crippen LogP) is 0.0547. The van der Waals surface area contributed by atoms with Gasteiger partial charge in [0.2, 0.25) is 0 Å². The molecular formula is C11H9BF3KO2S. The molecule has 0 spiro atoms. The Hall–Kier alpha value is 0.141. The maximum absolute atomic E-state index is 12.9. The fraction of sp³-hybridized carbons (Fsp3) is 0.182. The maximum Gasteiger partial charge on any atom is 1.00 e. The van der Waals surface area contributed by atoms with Crippen molar-refractivity contribution in [1.29, 1.82) is 0 Å². The largest absolute Gasteiger partial charge is 1.00 e. The van der Waals surface area contributed by atoms with Crippen LogP contribution in [0.4, 0.5) is 12.9 Å². The molecule has 8 heteroatoms. The summed E-state index contributed by atoms with van der Waals surface area (Å²) < 4.78 is 43.4. The molecule has 2 rings (SSSR count). The van der Waals surface area contributed by atoms with Crippen molar-refractivity contribution >= 4 is 39.8 Å². The van der Waals surface area contributed by atoms with Crippen molar-refractivity contribution in [2.24, 2.45) is 0 Å². The Kier molecular flexibility index (Phi) is 5.68. The van der Waals surface area contributed by atoms with E-state index in [1.807, 2.05) is 0 Å². The average Bonchev–Trinajstić information content (AvgIpc) is 2.65. The van der Waals surface area contributed by atoms with E-state index in [1.54, 1.807) is 13.0 Å². The molecule has 96 valence electrons. The second-order valence-electron chi connectivity index (χ2n) is 3.85. The number of ether oxygens (including phenoxy) is 1. The smallest absolute Gasteiger partial charge is 0.465 e. The van der Waals surface area contributed by atoms with Gasteiger partial charge in [-0.25, -0.2) is 4.79 Å². The van der Waals surface area contributed by atoms with Gasteiger partial charge in [0.25, 0.3) is 0 Å². The number of halogens is 3. The van der Waals surface area contributed by atoms with Crippen LogP contribution < -0.4 is 56.8 Å². The van der Waals surface area contributed by atoms with Gasteiger partial charge in [0, 0.05) is 4.70 Å². The average molecular weight is 312 g/mol. The Morgan fingerprint density at radius 2 is 1.95 bits per heavy atom. The zero-order valence-electron chi connectivity index (χ0n) is 10.7. The van der Waals surface area contributed by atoms with Crippen molar-refractivity contribution in [2.45, 2.75) is 6.92 Å². The van der Waals surface area contributed by atoms with Crippen LogP contribution >= 0.6 is 11.3 Å². The van der Waals surface area contributed by atoms with Gasteiger partial charge < -0.3 is 17.7 Å². The van der Waals surface area contributed by atoms with Crippen molar-refractivity contribution in [2.75, 3.05) is 7.11 Å². The molecule has 0 aliphatic rings. The van der Waals surface area contributed by atoms with E-state index in [9.17, 15) is 17.7 Å². The molecule has 0 radical (unpaired) electrons. The van der Waals surface area contributed by atoms with Gasteiger partial charge in [-0.1, -0.05) is 23.7 Å². The molecular weight excluding hydrogens is 303 g/mol. The van der Waals surface area contributed by atoms with E-state index < -0.39 is 18.4 Å². The molecule has 0 atom stereocenters. The van der Waals surface area contributed by atoms with Crippen LogP contribution in [0, 0.1) is 6.92 Å². The predicted molar refractivity (Wildman–Crippen MR) is 66.6 cm³/mol. The van der Waals surface area contributed by atoms with Gasteiger partial charge in [-0.3, -0.25) is 0 Å². The van der Waals surface area contributed by atoms with Crippen LogP contribution in [0.3, 0.4) is 0 Å². The molecule has 19 heavy (non-hydrogen) atoms. The number of aryl methyl sites for hydroxylation is 1. The van der Waals surface area contributed by atoms with Crippen molar-refractivity contribution < 1.29 is 73.9 Å². The molecule has 1 aromatic carbocycles. The standard InChI is InChI=1S/C11H9BF3O2S.K/c1-6-7-4-3-5-8(12(13,14)15)10(7)18-9(6)11(16)17-2;/h3-5H,1-2H3;/q-1;+1. The topological polar surface area (TPSA) is 26.3 Å². The number of esters is 1. The molecule has 0 aliphatic heterocycles. The second-order valence-corrected chi connectivity index (χ2v) is 4.87.